The molecule has 0 spiro atoms. The Morgan fingerprint density at radius 3 is 2.70 bits per heavy atom. The zero-order chi connectivity index (χ0) is 18.5. The molecule has 2 amide bonds. The number of carbonyl (C=O) groups is 2. The van der Waals surface area contributed by atoms with Gasteiger partial charge in [-0.05, 0) is 37.6 Å². The van der Waals surface area contributed by atoms with E-state index in [4.69, 9.17) is 0 Å². The van der Waals surface area contributed by atoms with Gasteiger partial charge in [0.25, 0.3) is 0 Å². The topological polar surface area (TPSA) is 88.1 Å². The monoisotopic (exact) mass is 391 g/mol. The van der Waals surface area contributed by atoms with Gasteiger partial charge in [0.1, 0.15) is 6.04 Å². The van der Waals surface area contributed by atoms with Crippen molar-refractivity contribution in [1.82, 2.24) is 20.4 Å². The lowest BCUT2D eigenvalue weighted by Crippen LogP contribution is -2.35. The molecule has 8 heteroatoms. The molecule has 1 aromatic heterocycles. The Morgan fingerprint density at radius 1 is 1.33 bits per heavy atom. The van der Waals surface area contributed by atoms with Crippen molar-refractivity contribution in [2.45, 2.75) is 31.8 Å². The van der Waals surface area contributed by atoms with E-state index in [2.05, 4.69) is 21.0 Å². The summed E-state index contributed by atoms with van der Waals surface area (Å²) in [5, 5.41) is 13.0. The van der Waals surface area contributed by atoms with Gasteiger partial charge in [-0.25, -0.2) is 0 Å². The van der Waals surface area contributed by atoms with E-state index in [1.54, 1.807) is 17.9 Å². The van der Waals surface area contributed by atoms with Crippen LogP contribution in [0, 0.1) is 5.92 Å². The van der Waals surface area contributed by atoms with Crippen LogP contribution in [0.1, 0.15) is 36.4 Å². The third-order valence-electron chi connectivity index (χ3n) is 4.75. The Kier molecular flexibility index (Phi) is 7.38. The molecule has 0 radical (unpaired) electrons. The predicted molar refractivity (Wildman–Crippen MR) is 107 cm³/mol. The third kappa shape index (κ3) is 5.30. The second-order valence-corrected chi connectivity index (χ2v) is 6.70. The Hall–Kier alpha value is -2.38. The number of hydrogen-bond acceptors (Lipinski definition) is 4. The Morgan fingerprint density at radius 2 is 2.11 bits per heavy atom. The van der Waals surface area contributed by atoms with Gasteiger partial charge >= 0.3 is 0 Å². The molecule has 0 saturated heterocycles. The van der Waals surface area contributed by atoms with Gasteiger partial charge in [0, 0.05) is 37.0 Å². The number of halogens is 1. The number of benzene rings is 1. The first-order valence-corrected chi connectivity index (χ1v) is 8.90. The summed E-state index contributed by atoms with van der Waals surface area (Å²) < 4.78 is 1.67. The second-order valence-electron chi connectivity index (χ2n) is 6.70. The Labute approximate surface area is 165 Å². The average molecular weight is 392 g/mol. The fourth-order valence-corrected chi connectivity index (χ4v) is 3.00. The van der Waals surface area contributed by atoms with Gasteiger partial charge in [0.05, 0.1) is 6.20 Å². The first-order valence-electron chi connectivity index (χ1n) is 8.90. The summed E-state index contributed by atoms with van der Waals surface area (Å²) in [5.41, 5.74) is 2.52. The first kappa shape index (κ1) is 20.9. The van der Waals surface area contributed by atoms with Crippen LogP contribution in [0.4, 0.5) is 5.69 Å². The van der Waals surface area contributed by atoms with Gasteiger partial charge in [0.15, 0.2) is 0 Å². The molecule has 1 aliphatic rings. The van der Waals surface area contributed by atoms with Crippen molar-refractivity contribution in [2.75, 3.05) is 12.4 Å². The number of aromatic nitrogens is 2. The van der Waals surface area contributed by atoms with Crippen LogP contribution in [0.2, 0.25) is 0 Å². The van der Waals surface area contributed by atoms with Gasteiger partial charge in [-0.1, -0.05) is 18.6 Å². The molecule has 3 rings (SSSR count). The van der Waals surface area contributed by atoms with Crippen LogP contribution in [0.5, 0.6) is 0 Å². The average Bonchev–Trinajstić information content (AvgIpc) is 2.98. The summed E-state index contributed by atoms with van der Waals surface area (Å²) in [7, 11) is 3.56. The lowest BCUT2D eigenvalue weighted by Gasteiger charge is -2.24. The zero-order valence-corrected chi connectivity index (χ0v) is 16.4. The molecule has 2 aromatic rings. The highest BCUT2D eigenvalue weighted by Gasteiger charge is 2.25. The standard InChI is InChI=1S/C19H25N5O2.ClH/c1-20-17(15-11-22-24(2)12-15)19(26)21-10-13-5-3-8-16(9-13)23-18(25)14-6-4-7-14;/h3,5,8-9,11-12,14,17,20H,4,6-7,10H2,1-2H3,(H,21,26)(H,23,25);1H. The molecule has 1 aliphatic carbocycles. The molecule has 7 nitrogen and oxygen atoms in total. The van der Waals surface area contributed by atoms with Crippen molar-refractivity contribution in [1.29, 1.82) is 0 Å². The maximum atomic E-state index is 12.5. The smallest absolute Gasteiger partial charge is 0.242 e. The van der Waals surface area contributed by atoms with E-state index >= 15 is 0 Å². The fourth-order valence-electron chi connectivity index (χ4n) is 3.00. The van der Waals surface area contributed by atoms with Gasteiger partial charge < -0.3 is 16.0 Å². The largest absolute Gasteiger partial charge is 0.350 e. The first-order chi connectivity index (χ1) is 12.6. The number of aryl methyl sites for hydroxylation is 1. The van der Waals surface area contributed by atoms with Crippen LogP contribution in [-0.4, -0.2) is 28.6 Å². The van der Waals surface area contributed by atoms with Crippen LogP contribution < -0.4 is 16.0 Å². The molecule has 0 bridgehead atoms. The van der Waals surface area contributed by atoms with Crippen LogP contribution >= 0.6 is 12.4 Å². The Balaban J connectivity index is 0.00000261. The SMILES string of the molecule is CNC(C(=O)NCc1cccc(NC(=O)C2CCC2)c1)c1cnn(C)c1.Cl. The summed E-state index contributed by atoms with van der Waals surface area (Å²) >= 11 is 0. The van der Waals surface area contributed by atoms with Crippen LogP contribution in [0.25, 0.3) is 0 Å². The van der Waals surface area contributed by atoms with Crippen molar-refractivity contribution < 1.29 is 9.59 Å². The highest BCUT2D eigenvalue weighted by atomic mass is 35.5. The molecule has 3 N–H and O–H groups in total. The van der Waals surface area contributed by atoms with Crippen molar-refractivity contribution >= 4 is 29.9 Å². The number of anilines is 1. The molecular formula is C19H26ClN5O2. The van der Waals surface area contributed by atoms with Crippen molar-refractivity contribution in [3.63, 3.8) is 0 Å². The minimum Gasteiger partial charge on any atom is -0.350 e. The second kappa shape index (κ2) is 9.53. The maximum Gasteiger partial charge on any atom is 0.242 e. The molecule has 1 unspecified atom stereocenters. The van der Waals surface area contributed by atoms with E-state index in [0.29, 0.717) is 6.54 Å². The fraction of sp³-hybridized carbons (Fsp3) is 0.421. The summed E-state index contributed by atoms with van der Waals surface area (Å²) in [6.45, 7) is 0.393. The molecule has 146 valence electrons. The molecule has 27 heavy (non-hydrogen) atoms. The minimum atomic E-state index is -0.454. The predicted octanol–water partition coefficient (Wildman–Crippen LogP) is 2.16. The van der Waals surface area contributed by atoms with Crippen molar-refractivity contribution in [3.8, 4) is 0 Å². The number of amides is 2. The molecular weight excluding hydrogens is 366 g/mol. The van der Waals surface area contributed by atoms with Crippen molar-refractivity contribution in [2.24, 2.45) is 13.0 Å². The highest BCUT2D eigenvalue weighted by molar-refractivity contribution is 5.93. The zero-order valence-electron chi connectivity index (χ0n) is 15.6. The van der Waals surface area contributed by atoms with E-state index in [1.807, 2.05) is 37.5 Å². The summed E-state index contributed by atoms with van der Waals surface area (Å²) in [4.78, 5) is 24.5. The third-order valence-corrected chi connectivity index (χ3v) is 4.75. The van der Waals surface area contributed by atoms with Crippen molar-refractivity contribution in [3.05, 3.63) is 47.8 Å². The molecule has 1 heterocycles. The summed E-state index contributed by atoms with van der Waals surface area (Å²) in [6.07, 6.45) is 6.57. The Bertz CT molecular complexity index is 788. The van der Waals surface area contributed by atoms with E-state index in [9.17, 15) is 9.59 Å². The maximum absolute atomic E-state index is 12.5. The molecule has 1 saturated carbocycles. The lowest BCUT2D eigenvalue weighted by atomic mass is 9.85. The quantitative estimate of drug-likeness (QED) is 0.674. The highest BCUT2D eigenvalue weighted by Crippen LogP contribution is 2.27. The molecule has 1 aromatic carbocycles. The normalized spacial score (nSPS) is 14.6. The molecule has 1 atom stereocenters. The van der Waals surface area contributed by atoms with E-state index in [0.717, 1.165) is 36.1 Å². The van der Waals surface area contributed by atoms with Crippen LogP contribution in [0.3, 0.4) is 0 Å². The summed E-state index contributed by atoms with van der Waals surface area (Å²) in [5.74, 6) is 0.114. The van der Waals surface area contributed by atoms with Gasteiger partial charge in [-0.2, -0.15) is 5.10 Å². The van der Waals surface area contributed by atoms with Crippen LogP contribution in [0.15, 0.2) is 36.7 Å². The van der Waals surface area contributed by atoms with Gasteiger partial charge in [0.2, 0.25) is 11.8 Å². The number of rotatable bonds is 7. The van der Waals surface area contributed by atoms with Gasteiger partial charge in [-0.15, -0.1) is 12.4 Å². The number of nitrogens with zero attached hydrogens (tertiary/aromatic N) is 2. The number of nitrogens with one attached hydrogen (secondary N) is 3. The van der Waals surface area contributed by atoms with Gasteiger partial charge in [-0.3, -0.25) is 14.3 Å². The van der Waals surface area contributed by atoms with Crippen LogP contribution in [-0.2, 0) is 23.2 Å². The molecule has 0 aliphatic heterocycles. The number of hydrogen-bond donors (Lipinski definition) is 3. The van der Waals surface area contributed by atoms with E-state index < -0.39 is 6.04 Å². The number of likely N-dealkylation sites (N-methyl/N-ethyl adjacent to an activating group) is 1. The number of carbonyl (C=O) groups excluding carboxylic acids is 2. The lowest BCUT2D eigenvalue weighted by molar-refractivity contribution is -0.123. The van der Waals surface area contributed by atoms with E-state index in [-0.39, 0.29) is 30.1 Å². The summed E-state index contributed by atoms with van der Waals surface area (Å²) in [6, 6.07) is 7.13. The minimum absolute atomic E-state index is 0. The molecule has 1 fully saturated rings. The van der Waals surface area contributed by atoms with E-state index in [1.165, 1.54) is 0 Å².